The molecular weight excluding hydrogens is 519 g/mol. The summed E-state index contributed by atoms with van der Waals surface area (Å²) in [7, 11) is 2.80. The molecule has 3 aromatic rings. The Hall–Kier alpha value is -2.19. The predicted molar refractivity (Wildman–Crippen MR) is 132 cm³/mol. The number of rotatable bonds is 2. The number of benzene rings is 2. The monoisotopic (exact) mass is 544 g/mol. The molecule has 0 amide bonds. The van der Waals surface area contributed by atoms with E-state index in [0.717, 1.165) is 5.56 Å². The highest BCUT2D eigenvalue weighted by Crippen LogP contribution is 2.33. The molecule has 0 fully saturated rings. The van der Waals surface area contributed by atoms with Crippen LogP contribution >= 0.6 is 39.9 Å². The summed E-state index contributed by atoms with van der Waals surface area (Å²) in [5.74, 6) is -0.0739. The second-order valence-electron chi connectivity index (χ2n) is 6.31. The fraction of sp³-hybridized carbons (Fsp3) is 0.304. The average Bonchev–Trinajstić information content (AvgIpc) is 3.17. The lowest BCUT2D eigenvalue weighted by Crippen LogP contribution is -1.99. The second kappa shape index (κ2) is 15.6. The van der Waals surface area contributed by atoms with Gasteiger partial charge in [0.1, 0.15) is 0 Å². The van der Waals surface area contributed by atoms with E-state index in [2.05, 4.69) is 65.3 Å². The number of hydrogen-bond acceptors (Lipinski definition) is 7. The molecule has 0 saturated carbocycles. The lowest BCUT2D eigenvalue weighted by molar-refractivity contribution is -0.191. The van der Waals surface area contributed by atoms with Crippen molar-refractivity contribution in [1.82, 2.24) is 0 Å². The van der Waals surface area contributed by atoms with Gasteiger partial charge in [-0.1, -0.05) is 18.2 Å². The largest absolute Gasteiger partial charge is 0.494 e. The van der Waals surface area contributed by atoms with Crippen LogP contribution in [0.15, 0.2) is 34.8 Å². The van der Waals surface area contributed by atoms with Gasteiger partial charge >= 0.3 is 12.1 Å². The minimum atomic E-state index is -0.293. The van der Waals surface area contributed by atoms with Crippen LogP contribution in [0.3, 0.4) is 0 Å². The van der Waals surface area contributed by atoms with Crippen LogP contribution in [0.5, 0.6) is 5.75 Å². The van der Waals surface area contributed by atoms with Crippen molar-refractivity contribution in [2.45, 2.75) is 27.7 Å². The first-order valence-corrected chi connectivity index (χ1v) is 11.4. The SMILES string of the molecule is COC(=O)CS.COc1ccc(C)c(C)c1F.Cc1cc2ccc(C)c(Br)c2s1.O=C=O. The van der Waals surface area contributed by atoms with E-state index in [1.54, 1.807) is 13.0 Å². The number of thiophene rings is 1. The zero-order chi connectivity index (χ0) is 24.8. The van der Waals surface area contributed by atoms with Crippen LogP contribution < -0.4 is 4.74 Å². The van der Waals surface area contributed by atoms with Gasteiger partial charge in [-0.15, -0.1) is 11.3 Å². The summed E-state index contributed by atoms with van der Waals surface area (Å²) in [6, 6.07) is 10.0. The van der Waals surface area contributed by atoms with Crippen molar-refractivity contribution in [1.29, 1.82) is 0 Å². The van der Waals surface area contributed by atoms with Crippen LogP contribution in [0, 0.1) is 33.5 Å². The first kappa shape index (κ1) is 29.8. The molecular formula is C23H26BrFO5S2. The summed E-state index contributed by atoms with van der Waals surface area (Å²) in [5, 5.41) is 1.34. The summed E-state index contributed by atoms with van der Waals surface area (Å²) in [6.45, 7) is 7.88. The maximum Gasteiger partial charge on any atom is 0.373 e. The molecule has 9 heteroatoms. The second-order valence-corrected chi connectivity index (χ2v) is 8.68. The number of methoxy groups -OCH3 is 2. The van der Waals surface area contributed by atoms with E-state index in [1.807, 2.05) is 24.3 Å². The Balaban J connectivity index is 0.000000445. The zero-order valence-corrected chi connectivity index (χ0v) is 22.0. The van der Waals surface area contributed by atoms with Gasteiger partial charge in [-0.2, -0.15) is 22.2 Å². The molecule has 0 unspecified atom stereocenters. The van der Waals surface area contributed by atoms with Crippen molar-refractivity contribution in [3.63, 3.8) is 0 Å². The van der Waals surface area contributed by atoms with Gasteiger partial charge in [0.05, 0.1) is 20.0 Å². The molecule has 0 spiro atoms. The van der Waals surface area contributed by atoms with E-state index in [-0.39, 0.29) is 23.7 Å². The summed E-state index contributed by atoms with van der Waals surface area (Å²) in [4.78, 5) is 27.5. The maximum atomic E-state index is 13.1. The third-order valence-electron chi connectivity index (χ3n) is 4.14. The van der Waals surface area contributed by atoms with Gasteiger partial charge in [-0.3, -0.25) is 4.79 Å². The molecule has 0 aliphatic heterocycles. The summed E-state index contributed by atoms with van der Waals surface area (Å²) < 4.78 is 24.7. The number of halogens is 2. The van der Waals surface area contributed by atoms with Crippen LogP contribution in [0.1, 0.15) is 21.6 Å². The summed E-state index contributed by atoms with van der Waals surface area (Å²) >= 11 is 9.07. The number of aryl methyl sites for hydroxylation is 3. The fourth-order valence-corrected chi connectivity index (χ4v) is 4.01. The molecule has 174 valence electrons. The van der Waals surface area contributed by atoms with E-state index in [1.165, 1.54) is 39.2 Å². The number of fused-ring (bicyclic) bond motifs is 1. The molecule has 0 N–H and O–H groups in total. The normalized spacial score (nSPS) is 9.16. The van der Waals surface area contributed by atoms with Crippen molar-refractivity contribution in [2.24, 2.45) is 0 Å². The van der Waals surface area contributed by atoms with E-state index in [0.29, 0.717) is 11.3 Å². The molecule has 1 heterocycles. The zero-order valence-electron chi connectivity index (χ0n) is 18.7. The number of carbonyl (C=O) groups excluding carboxylic acids is 3. The van der Waals surface area contributed by atoms with Gasteiger partial charge < -0.3 is 9.47 Å². The number of ether oxygens (including phenoxy) is 2. The van der Waals surface area contributed by atoms with E-state index < -0.39 is 0 Å². The van der Waals surface area contributed by atoms with Crippen molar-refractivity contribution in [3.05, 3.63) is 62.2 Å². The van der Waals surface area contributed by atoms with Crippen LogP contribution in [0.2, 0.25) is 0 Å². The maximum absolute atomic E-state index is 13.1. The highest BCUT2D eigenvalue weighted by atomic mass is 79.9. The van der Waals surface area contributed by atoms with Crippen molar-refractivity contribution < 1.29 is 28.2 Å². The number of esters is 1. The van der Waals surface area contributed by atoms with Crippen LogP contribution in [-0.4, -0.2) is 32.1 Å². The molecule has 3 rings (SSSR count). The Kier molecular flexibility index (Phi) is 14.5. The fourth-order valence-electron chi connectivity index (χ4n) is 2.28. The molecule has 0 bridgehead atoms. The lowest BCUT2D eigenvalue weighted by atomic mass is 10.1. The van der Waals surface area contributed by atoms with Crippen molar-refractivity contribution in [2.75, 3.05) is 20.0 Å². The minimum Gasteiger partial charge on any atom is -0.494 e. The third-order valence-corrected chi connectivity index (χ3v) is 6.77. The topological polar surface area (TPSA) is 69.7 Å². The van der Waals surface area contributed by atoms with Gasteiger partial charge in [0.25, 0.3) is 0 Å². The third kappa shape index (κ3) is 9.53. The van der Waals surface area contributed by atoms with Gasteiger partial charge in [0.15, 0.2) is 11.6 Å². The molecule has 0 atom stereocenters. The van der Waals surface area contributed by atoms with Crippen molar-refractivity contribution >= 4 is 62.1 Å². The number of hydrogen-bond donors (Lipinski definition) is 1. The Morgan fingerprint density at radius 1 is 1.09 bits per heavy atom. The van der Waals surface area contributed by atoms with Crippen LogP contribution in [0.25, 0.3) is 10.1 Å². The Morgan fingerprint density at radius 2 is 1.66 bits per heavy atom. The van der Waals surface area contributed by atoms with E-state index in [4.69, 9.17) is 14.3 Å². The van der Waals surface area contributed by atoms with Crippen LogP contribution in [0.4, 0.5) is 4.39 Å². The molecule has 32 heavy (non-hydrogen) atoms. The number of thiol groups is 1. The molecule has 1 aromatic heterocycles. The first-order chi connectivity index (χ1) is 15.1. The van der Waals surface area contributed by atoms with Crippen molar-refractivity contribution in [3.8, 4) is 5.75 Å². The quantitative estimate of drug-likeness (QED) is 0.305. The lowest BCUT2D eigenvalue weighted by Gasteiger charge is -2.05. The standard InChI is InChI=1S/C10H9BrS.C9H11FO.C3H6O2S.CO2/c1-6-3-4-8-5-7(2)12-10(8)9(6)11;1-6-4-5-8(11-3)9(10)7(6)2;1-5-3(4)2-6;2-1-3/h3-5H,1-2H3;4-5H,1-3H3;6H,2H2,1H3;. The summed E-state index contributed by atoms with van der Waals surface area (Å²) in [5.41, 5.74) is 2.91. The highest BCUT2D eigenvalue weighted by Gasteiger charge is 2.06. The van der Waals surface area contributed by atoms with Gasteiger partial charge in [-0.05, 0) is 77.8 Å². The van der Waals surface area contributed by atoms with Gasteiger partial charge in [0.2, 0.25) is 0 Å². The van der Waals surface area contributed by atoms with Gasteiger partial charge in [-0.25, -0.2) is 4.39 Å². The molecule has 5 nitrogen and oxygen atoms in total. The Bertz CT molecular complexity index is 1050. The Morgan fingerprint density at radius 3 is 2.12 bits per heavy atom. The molecule has 0 radical (unpaired) electrons. The van der Waals surface area contributed by atoms with E-state index >= 15 is 0 Å². The van der Waals surface area contributed by atoms with E-state index in [9.17, 15) is 9.18 Å². The highest BCUT2D eigenvalue weighted by molar-refractivity contribution is 9.10. The minimum absolute atomic E-state index is 0.163. The van der Waals surface area contributed by atoms with Crippen LogP contribution in [-0.2, 0) is 19.1 Å². The predicted octanol–water partition coefficient (Wildman–Crippen LogP) is 6.24. The molecule has 2 aromatic carbocycles. The molecule has 0 saturated heterocycles. The smallest absolute Gasteiger partial charge is 0.373 e. The Labute approximate surface area is 205 Å². The summed E-state index contributed by atoms with van der Waals surface area (Å²) in [6.07, 6.45) is 0.250. The first-order valence-electron chi connectivity index (χ1n) is 9.19. The molecule has 0 aliphatic rings. The van der Waals surface area contributed by atoms with Gasteiger partial charge in [0, 0.05) is 14.0 Å². The molecule has 0 aliphatic carbocycles. The number of carbonyl (C=O) groups is 1. The average molecular weight is 545 g/mol.